The molecule has 0 spiro atoms. The molecule has 0 unspecified atom stereocenters. The summed E-state index contributed by atoms with van der Waals surface area (Å²) in [6.07, 6.45) is 3.50. The van der Waals surface area contributed by atoms with Gasteiger partial charge in [-0.15, -0.1) is 24.0 Å². The minimum atomic E-state index is 0. The van der Waals surface area contributed by atoms with Crippen molar-refractivity contribution in [3.63, 3.8) is 0 Å². The Morgan fingerprint density at radius 1 is 1.03 bits per heavy atom. The van der Waals surface area contributed by atoms with Crippen LogP contribution in [0.4, 0.5) is 5.69 Å². The largest absolute Gasteiger partial charge is 0.372 e. The minimum Gasteiger partial charge on any atom is -0.372 e. The molecule has 0 atom stereocenters. The molecule has 6 nitrogen and oxygen atoms in total. The van der Waals surface area contributed by atoms with Gasteiger partial charge >= 0.3 is 0 Å². The zero-order chi connectivity index (χ0) is 20.7. The van der Waals surface area contributed by atoms with Gasteiger partial charge < -0.3 is 25.3 Å². The summed E-state index contributed by atoms with van der Waals surface area (Å²) in [5.74, 6) is 0.950. The number of likely N-dealkylation sites (N-methyl/N-ethyl adjacent to an activating group) is 1. The Morgan fingerprint density at radius 2 is 1.83 bits per heavy atom. The molecular weight excluding hydrogens is 487 g/mol. The molecule has 0 radical (unpaired) electrons. The number of guanidine groups is 1. The average Bonchev–Trinajstić information content (AvgIpc) is 2.95. The van der Waals surface area contributed by atoms with Gasteiger partial charge in [0.2, 0.25) is 0 Å². The van der Waals surface area contributed by atoms with Crippen molar-refractivity contribution in [3.05, 3.63) is 30.3 Å². The predicted molar refractivity (Wildman–Crippen MR) is 142 cm³/mol. The van der Waals surface area contributed by atoms with Crippen LogP contribution in [0.25, 0.3) is 0 Å². The van der Waals surface area contributed by atoms with Crippen LogP contribution in [0.1, 0.15) is 33.1 Å². The van der Waals surface area contributed by atoms with Gasteiger partial charge in [-0.1, -0.05) is 18.2 Å². The molecule has 2 N–H and O–H groups in total. The average molecular weight is 531 g/mol. The number of rotatable bonds is 11. The summed E-state index contributed by atoms with van der Waals surface area (Å²) < 4.78 is 0. The molecular formula is C23H43IN6. The quantitative estimate of drug-likeness (QED) is 0.199. The molecule has 172 valence electrons. The standard InChI is InChI=1S/C23H42N6.HI/c1-4-24-23(25-14-9-17-28-18-11-16-27(3)20-21-28)26-15-10-19-29(5-2)22-12-7-6-8-13-22;/h6-8,12-13H,4-5,9-11,14-21H2,1-3H3,(H2,24,25,26);1H. The van der Waals surface area contributed by atoms with Crippen LogP contribution in [0.3, 0.4) is 0 Å². The van der Waals surface area contributed by atoms with Gasteiger partial charge in [-0.05, 0) is 71.9 Å². The lowest BCUT2D eigenvalue weighted by atomic mass is 10.2. The van der Waals surface area contributed by atoms with Gasteiger partial charge in [0.25, 0.3) is 0 Å². The lowest BCUT2D eigenvalue weighted by Crippen LogP contribution is -2.39. The third kappa shape index (κ3) is 10.8. The fraction of sp³-hybridized carbons (Fsp3) is 0.696. The smallest absolute Gasteiger partial charge is 0.191 e. The van der Waals surface area contributed by atoms with Crippen molar-refractivity contribution < 1.29 is 0 Å². The summed E-state index contributed by atoms with van der Waals surface area (Å²) >= 11 is 0. The summed E-state index contributed by atoms with van der Waals surface area (Å²) in [6.45, 7) is 15.1. The molecule has 0 aromatic heterocycles. The van der Waals surface area contributed by atoms with Crippen molar-refractivity contribution in [1.82, 2.24) is 20.4 Å². The van der Waals surface area contributed by atoms with Crippen molar-refractivity contribution in [2.45, 2.75) is 33.1 Å². The van der Waals surface area contributed by atoms with Crippen molar-refractivity contribution in [2.75, 3.05) is 77.4 Å². The Kier molecular flexibility index (Phi) is 14.9. The third-order valence-electron chi connectivity index (χ3n) is 5.46. The lowest BCUT2D eigenvalue weighted by Gasteiger charge is -2.22. The first kappa shape index (κ1) is 27.0. The summed E-state index contributed by atoms with van der Waals surface area (Å²) in [7, 11) is 2.23. The highest BCUT2D eigenvalue weighted by molar-refractivity contribution is 14.0. The number of nitrogens with zero attached hydrogens (tertiary/aromatic N) is 4. The zero-order valence-corrected chi connectivity index (χ0v) is 21.6. The van der Waals surface area contributed by atoms with Gasteiger partial charge in [-0.25, -0.2) is 0 Å². The lowest BCUT2D eigenvalue weighted by molar-refractivity contribution is 0.274. The Morgan fingerprint density at radius 3 is 2.57 bits per heavy atom. The van der Waals surface area contributed by atoms with Crippen LogP contribution in [-0.4, -0.2) is 88.3 Å². The fourth-order valence-corrected chi connectivity index (χ4v) is 3.74. The number of aliphatic imine (C=N–C) groups is 1. The molecule has 0 amide bonds. The first-order valence-corrected chi connectivity index (χ1v) is 11.5. The summed E-state index contributed by atoms with van der Waals surface area (Å²) in [4.78, 5) is 12.2. The molecule has 0 aliphatic carbocycles. The molecule has 1 saturated heterocycles. The molecule has 1 aromatic rings. The van der Waals surface area contributed by atoms with Crippen molar-refractivity contribution in [1.29, 1.82) is 0 Å². The second-order valence-corrected chi connectivity index (χ2v) is 7.81. The summed E-state index contributed by atoms with van der Waals surface area (Å²) in [5.41, 5.74) is 1.30. The number of para-hydroxylation sites is 1. The number of halogens is 1. The zero-order valence-electron chi connectivity index (χ0n) is 19.3. The molecule has 0 saturated carbocycles. The monoisotopic (exact) mass is 530 g/mol. The van der Waals surface area contributed by atoms with Crippen LogP contribution in [0.5, 0.6) is 0 Å². The molecule has 1 heterocycles. The van der Waals surface area contributed by atoms with E-state index in [2.05, 4.69) is 76.6 Å². The first-order chi connectivity index (χ1) is 14.2. The maximum atomic E-state index is 4.77. The van der Waals surface area contributed by atoms with E-state index in [1.54, 1.807) is 0 Å². The molecule has 1 aromatic carbocycles. The highest BCUT2D eigenvalue weighted by atomic mass is 127. The maximum absolute atomic E-state index is 4.77. The van der Waals surface area contributed by atoms with Gasteiger partial charge in [0.1, 0.15) is 0 Å². The van der Waals surface area contributed by atoms with Gasteiger partial charge in [-0.3, -0.25) is 4.99 Å². The number of hydrogen-bond donors (Lipinski definition) is 2. The Labute approximate surface area is 201 Å². The van der Waals surface area contributed by atoms with Crippen LogP contribution in [-0.2, 0) is 0 Å². The second-order valence-electron chi connectivity index (χ2n) is 7.81. The first-order valence-electron chi connectivity index (χ1n) is 11.5. The van der Waals surface area contributed by atoms with Crippen LogP contribution in [0.2, 0.25) is 0 Å². The molecule has 1 fully saturated rings. The number of anilines is 1. The Hall–Kier alpha value is -1.06. The number of hydrogen-bond acceptors (Lipinski definition) is 4. The molecule has 2 rings (SSSR count). The van der Waals surface area contributed by atoms with Crippen molar-refractivity contribution in [3.8, 4) is 0 Å². The Balaban J connectivity index is 0.00000450. The van der Waals surface area contributed by atoms with Gasteiger partial charge in [0.15, 0.2) is 5.96 Å². The normalized spacial score (nSPS) is 15.9. The SMILES string of the molecule is CCNC(=NCCCN(CC)c1ccccc1)NCCCN1CCCN(C)CC1.I. The molecule has 1 aliphatic rings. The maximum Gasteiger partial charge on any atom is 0.191 e. The van der Waals surface area contributed by atoms with Crippen LogP contribution >= 0.6 is 24.0 Å². The number of nitrogens with one attached hydrogen (secondary N) is 2. The minimum absolute atomic E-state index is 0. The highest BCUT2D eigenvalue weighted by Gasteiger charge is 2.11. The van der Waals surface area contributed by atoms with E-state index < -0.39 is 0 Å². The number of benzene rings is 1. The topological polar surface area (TPSA) is 46.1 Å². The molecule has 0 bridgehead atoms. The Bertz CT molecular complexity index is 568. The van der Waals surface area contributed by atoms with Gasteiger partial charge in [-0.2, -0.15) is 0 Å². The molecule has 7 heteroatoms. The van der Waals surface area contributed by atoms with Crippen LogP contribution < -0.4 is 15.5 Å². The fourth-order valence-electron chi connectivity index (χ4n) is 3.74. The van der Waals surface area contributed by atoms with E-state index in [0.717, 1.165) is 51.5 Å². The molecule has 30 heavy (non-hydrogen) atoms. The highest BCUT2D eigenvalue weighted by Crippen LogP contribution is 2.12. The second kappa shape index (κ2) is 16.6. The van der Waals surface area contributed by atoms with Gasteiger partial charge in [0, 0.05) is 51.5 Å². The van der Waals surface area contributed by atoms with Gasteiger partial charge in [0.05, 0.1) is 0 Å². The molecule has 1 aliphatic heterocycles. The van der Waals surface area contributed by atoms with Crippen molar-refractivity contribution in [2.24, 2.45) is 4.99 Å². The van der Waals surface area contributed by atoms with E-state index in [1.165, 1.54) is 44.8 Å². The van der Waals surface area contributed by atoms with Crippen LogP contribution in [0, 0.1) is 0 Å². The van der Waals surface area contributed by atoms with E-state index in [0.29, 0.717) is 0 Å². The summed E-state index contributed by atoms with van der Waals surface area (Å²) in [5, 5.41) is 6.88. The summed E-state index contributed by atoms with van der Waals surface area (Å²) in [6, 6.07) is 10.6. The van der Waals surface area contributed by atoms with Crippen molar-refractivity contribution >= 4 is 35.6 Å². The van der Waals surface area contributed by atoms with E-state index in [-0.39, 0.29) is 24.0 Å². The van der Waals surface area contributed by atoms with E-state index in [4.69, 9.17) is 4.99 Å². The van der Waals surface area contributed by atoms with E-state index in [9.17, 15) is 0 Å². The predicted octanol–water partition coefficient (Wildman–Crippen LogP) is 3.10. The van der Waals surface area contributed by atoms with E-state index in [1.807, 2.05) is 0 Å². The third-order valence-corrected chi connectivity index (χ3v) is 5.46. The van der Waals surface area contributed by atoms with Crippen LogP contribution in [0.15, 0.2) is 35.3 Å². The van der Waals surface area contributed by atoms with E-state index >= 15 is 0 Å².